The van der Waals surface area contributed by atoms with E-state index in [1.165, 1.54) is 0 Å². The maximum absolute atomic E-state index is 10.2. The molecule has 0 fully saturated rings. The van der Waals surface area contributed by atoms with Crippen molar-refractivity contribution in [3.63, 3.8) is 0 Å². The number of hydrogen-bond acceptors (Lipinski definition) is 3. The maximum atomic E-state index is 10.2. The van der Waals surface area contributed by atoms with Gasteiger partial charge in [0.1, 0.15) is 5.75 Å². The van der Waals surface area contributed by atoms with E-state index in [2.05, 4.69) is 11.0 Å². The van der Waals surface area contributed by atoms with E-state index in [0.29, 0.717) is 6.42 Å². The second-order valence-corrected chi connectivity index (χ2v) is 5.15. The van der Waals surface area contributed by atoms with Gasteiger partial charge in [0.15, 0.2) is 0 Å². The highest BCUT2D eigenvalue weighted by molar-refractivity contribution is 5.55. The first-order valence-corrected chi connectivity index (χ1v) is 7.27. The minimum Gasteiger partial charge on any atom is -0.496 e. The minimum atomic E-state index is -0.429. The zero-order valence-corrected chi connectivity index (χ0v) is 12.9. The number of para-hydroxylation sites is 2. The monoisotopic (exact) mass is 285 g/mol. The van der Waals surface area contributed by atoms with E-state index in [4.69, 9.17) is 4.74 Å². The Bertz CT molecular complexity index is 583. The number of benzene rings is 2. The molecule has 2 aromatic carbocycles. The van der Waals surface area contributed by atoms with Crippen LogP contribution in [0, 0.1) is 0 Å². The molecule has 112 valence electrons. The van der Waals surface area contributed by atoms with Crippen LogP contribution in [0.1, 0.15) is 30.6 Å². The third kappa shape index (κ3) is 3.56. The molecule has 0 aliphatic carbocycles. The Morgan fingerprint density at radius 1 is 1.10 bits per heavy atom. The third-order valence-corrected chi connectivity index (χ3v) is 3.69. The van der Waals surface area contributed by atoms with E-state index < -0.39 is 6.10 Å². The Labute approximate surface area is 126 Å². The van der Waals surface area contributed by atoms with Crippen molar-refractivity contribution in [1.82, 2.24) is 0 Å². The van der Waals surface area contributed by atoms with E-state index in [1.54, 1.807) is 7.11 Å². The van der Waals surface area contributed by atoms with E-state index in [0.717, 1.165) is 29.1 Å². The summed E-state index contributed by atoms with van der Waals surface area (Å²) in [4.78, 5) is 2.14. The highest BCUT2D eigenvalue weighted by atomic mass is 16.5. The van der Waals surface area contributed by atoms with Crippen molar-refractivity contribution in [2.45, 2.75) is 26.0 Å². The van der Waals surface area contributed by atoms with Crippen molar-refractivity contribution in [2.75, 3.05) is 19.1 Å². The molecule has 1 N–H and O–H groups in total. The molecular weight excluding hydrogens is 262 g/mol. The second kappa shape index (κ2) is 7.14. The van der Waals surface area contributed by atoms with Crippen molar-refractivity contribution in [2.24, 2.45) is 0 Å². The second-order valence-electron chi connectivity index (χ2n) is 5.15. The molecule has 1 unspecified atom stereocenters. The van der Waals surface area contributed by atoms with Crippen LogP contribution in [-0.2, 0) is 6.54 Å². The van der Waals surface area contributed by atoms with Crippen molar-refractivity contribution in [1.29, 1.82) is 0 Å². The molecule has 0 heterocycles. The smallest absolute Gasteiger partial charge is 0.123 e. The van der Waals surface area contributed by atoms with Gasteiger partial charge in [-0.1, -0.05) is 43.3 Å². The van der Waals surface area contributed by atoms with Gasteiger partial charge in [-0.3, -0.25) is 0 Å². The van der Waals surface area contributed by atoms with Gasteiger partial charge in [-0.15, -0.1) is 0 Å². The summed E-state index contributed by atoms with van der Waals surface area (Å²) >= 11 is 0. The van der Waals surface area contributed by atoms with Gasteiger partial charge in [-0.2, -0.15) is 0 Å². The zero-order chi connectivity index (χ0) is 15.2. The fourth-order valence-corrected chi connectivity index (χ4v) is 2.51. The summed E-state index contributed by atoms with van der Waals surface area (Å²) < 4.78 is 5.40. The molecule has 0 radical (unpaired) electrons. The molecule has 21 heavy (non-hydrogen) atoms. The number of aliphatic hydroxyl groups is 1. The Morgan fingerprint density at radius 2 is 1.76 bits per heavy atom. The Morgan fingerprint density at radius 3 is 2.48 bits per heavy atom. The van der Waals surface area contributed by atoms with Crippen LogP contribution in [0.2, 0.25) is 0 Å². The molecule has 1 atom stereocenters. The van der Waals surface area contributed by atoms with Crippen molar-refractivity contribution < 1.29 is 9.84 Å². The summed E-state index contributed by atoms with van der Waals surface area (Å²) in [5.74, 6) is 0.887. The zero-order valence-electron chi connectivity index (χ0n) is 12.9. The number of hydrogen-bond donors (Lipinski definition) is 1. The lowest BCUT2D eigenvalue weighted by Gasteiger charge is -2.25. The molecule has 0 aliphatic rings. The number of methoxy groups -OCH3 is 1. The van der Waals surface area contributed by atoms with Gasteiger partial charge in [0.25, 0.3) is 0 Å². The molecule has 0 saturated heterocycles. The van der Waals surface area contributed by atoms with Crippen LogP contribution in [0.25, 0.3) is 0 Å². The van der Waals surface area contributed by atoms with Crippen LogP contribution in [0.4, 0.5) is 5.69 Å². The number of ether oxygens (including phenoxy) is 1. The van der Waals surface area contributed by atoms with Crippen molar-refractivity contribution in [3.05, 3.63) is 59.7 Å². The standard InChI is InChI=1S/C18H23NO2/c1-4-17(20)15-10-6-7-11-16(15)19(2)13-14-9-5-8-12-18(14)21-3/h5-12,17,20H,4,13H2,1-3H3. The molecule has 3 nitrogen and oxygen atoms in total. The molecule has 0 amide bonds. The number of anilines is 1. The molecule has 3 heteroatoms. The average Bonchev–Trinajstić information content (AvgIpc) is 2.54. The predicted molar refractivity (Wildman–Crippen MR) is 86.8 cm³/mol. The minimum absolute atomic E-state index is 0.429. The van der Waals surface area contributed by atoms with Crippen molar-refractivity contribution in [3.8, 4) is 5.75 Å². The number of nitrogens with zero attached hydrogens (tertiary/aromatic N) is 1. The topological polar surface area (TPSA) is 32.7 Å². The fourth-order valence-electron chi connectivity index (χ4n) is 2.51. The lowest BCUT2D eigenvalue weighted by molar-refractivity contribution is 0.174. The molecule has 0 spiro atoms. The largest absolute Gasteiger partial charge is 0.496 e. The third-order valence-electron chi connectivity index (χ3n) is 3.69. The predicted octanol–water partition coefficient (Wildman–Crippen LogP) is 3.78. The van der Waals surface area contributed by atoms with Crippen LogP contribution < -0.4 is 9.64 Å². The van der Waals surface area contributed by atoms with Crippen molar-refractivity contribution >= 4 is 5.69 Å². The number of rotatable bonds is 6. The Kier molecular flexibility index (Phi) is 5.23. The SMILES string of the molecule is CCC(O)c1ccccc1N(C)Cc1ccccc1OC. The summed E-state index contributed by atoms with van der Waals surface area (Å²) in [6.45, 7) is 2.72. The Balaban J connectivity index is 2.26. The maximum Gasteiger partial charge on any atom is 0.123 e. The van der Waals surface area contributed by atoms with Crippen LogP contribution in [-0.4, -0.2) is 19.3 Å². The van der Waals surface area contributed by atoms with Gasteiger partial charge < -0.3 is 14.7 Å². The first-order chi connectivity index (χ1) is 10.2. The highest BCUT2D eigenvalue weighted by Gasteiger charge is 2.14. The molecule has 2 aromatic rings. The summed E-state index contributed by atoms with van der Waals surface area (Å²) in [5.41, 5.74) is 3.15. The first-order valence-electron chi connectivity index (χ1n) is 7.27. The number of aliphatic hydroxyl groups excluding tert-OH is 1. The quantitative estimate of drug-likeness (QED) is 0.877. The first kappa shape index (κ1) is 15.4. The molecule has 2 rings (SSSR count). The van der Waals surface area contributed by atoms with E-state index in [-0.39, 0.29) is 0 Å². The van der Waals surface area contributed by atoms with E-state index in [1.807, 2.05) is 56.4 Å². The van der Waals surface area contributed by atoms with Gasteiger partial charge in [-0.25, -0.2) is 0 Å². The van der Waals surface area contributed by atoms with Gasteiger partial charge in [-0.05, 0) is 18.6 Å². The van der Waals surface area contributed by atoms with Gasteiger partial charge in [0.05, 0.1) is 13.2 Å². The molecule has 0 aromatic heterocycles. The summed E-state index contributed by atoms with van der Waals surface area (Å²) in [6, 6.07) is 16.0. The lowest BCUT2D eigenvalue weighted by Crippen LogP contribution is -2.19. The molecular formula is C18H23NO2. The fraction of sp³-hybridized carbons (Fsp3) is 0.333. The van der Waals surface area contributed by atoms with Gasteiger partial charge in [0.2, 0.25) is 0 Å². The molecule has 0 saturated carbocycles. The van der Waals surface area contributed by atoms with Gasteiger partial charge in [0, 0.05) is 30.4 Å². The molecule has 0 bridgehead atoms. The van der Waals surface area contributed by atoms with E-state index >= 15 is 0 Å². The van der Waals surface area contributed by atoms with E-state index in [9.17, 15) is 5.11 Å². The average molecular weight is 285 g/mol. The van der Waals surface area contributed by atoms with Gasteiger partial charge >= 0.3 is 0 Å². The Hall–Kier alpha value is -2.00. The van der Waals surface area contributed by atoms with Crippen LogP contribution >= 0.6 is 0 Å². The summed E-state index contributed by atoms with van der Waals surface area (Å²) in [7, 11) is 3.72. The summed E-state index contributed by atoms with van der Waals surface area (Å²) in [6.07, 6.45) is 0.279. The lowest BCUT2D eigenvalue weighted by atomic mass is 10.0. The van der Waals surface area contributed by atoms with Crippen LogP contribution in [0.15, 0.2) is 48.5 Å². The van der Waals surface area contributed by atoms with Crippen LogP contribution in [0.5, 0.6) is 5.75 Å². The van der Waals surface area contributed by atoms with Crippen LogP contribution in [0.3, 0.4) is 0 Å². The highest BCUT2D eigenvalue weighted by Crippen LogP contribution is 2.29. The molecule has 0 aliphatic heterocycles. The normalized spacial score (nSPS) is 12.0. The summed E-state index contributed by atoms with van der Waals surface area (Å²) in [5, 5.41) is 10.2.